The van der Waals surface area contributed by atoms with Gasteiger partial charge in [0, 0.05) is 22.8 Å². The number of aromatic nitrogens is 1. The van der Waals surface area contributed by atoms with Crippen LogP contribution < -0.4 is 5.32 Å². The van der Waals surface area contributed by atoms with E-state index in [-0.39, 0.29) is 5.91 Å². The molecule has 2 heterocycles. The molecule has 3 rings (SSSR count). The third-order valence-corrected chi connectivity index (χ3v) is 3.39. The number of amides is 1. The molecule has 1 N–H and O–H groups in total. The van der Waals surface area contributed by atoms with Crippen molar-refractivity contribution in [1.82, 2.24) is 4.98 Å². The first kappa shape index (κ1) is 11.7. The Bertz CT molecular complexity index is 658. The van der Waals surface area contributed by atoms with Gasteiger partial charge in [0.2, 0.25) is 0 Å². The van der Waals surface area contributed by atoms with Gasteiger partial charge in [-0.1, -0.05) is 0 Å². The van der Waals surface area contributed by atoms with Gasteiger partial charge in [0.25, 0.3) is 5.91 Å². The summed E-state index contributed by atoms with van der Waals surface area (Å²) in [6, 6.07) is 10.8. The summed E-state index contributed by atoms with van der Waals surface area (Å²) in [5.74, 6) is 0.0380. The van der Waals surface area contributed by atoms with Crippen LogP contribution in [-0.4, -0.2) is 10.9 Å². The molecule has 0 aliphatic rings. The zero-order valence-electron chi connectivity index (χ0n) is 9.87. The first-order chi connectivity index (χ1) is 9.33. The van der Waals surface area contributed by atoms with Crippen molar-refractivity contribution in [1.29, 1.82) is 0 Å². The molecule has 0 unspecified atom stereocenters. The first-order valence-electron chi connectivity index (χ1n) is 5.68. The average Bonchev–Trinajstić information content (AvgIpc) is 3.13. The van der Waals surface area contributed by atoms with E-state index < -0.39 is 0 Å². The minimum absolute atomic E-state index is 0.257. The molecule has 5 heteroatoms. The number of nitrogens with zero attached hydrogens (tertiary/aromatic N) is 1. The smallest absolute Gasteiger partial charge is 0.291 e. The quantitative estimate of drug-likeness (QED) is 0.790. The van der Waals surface area contributed by atoms with Crippen LogP contribution in [0.25, 0.3) is 10.6 Å². The number of carbonyl (C=O) groups excluding carboxylic acids is 1. The summed E-state index contributed by atoms with van der Waals surface area (Å²) in [5.41, 5.74) is 1.76. The molecule has 0 aliphatic heterocycles. The van der Waals surface area contributed by atoms with Gasteiger partial charge in [-0.3, -0.25) is 4.79 Å². The van der Waals surface area contributed by atoms with Gasteiger partial charge >= 0.3 is 0 Å². The molecule has 0 saturated carbocycles. The van der Waals surface area contributed by atoms with Crippen LogP contribution in [0.3, 0.4) is 0 Å². The van der Waals surface area contributed by atoms with Crippen LogP contribution in [0.5, 0.6) is 0 Å². The number of benzene rings is 1. The lowest BCUT2D eigenvalue weighted by atomic mass is 10.2. The highest BCUT2D eigenvalue weighted by Crippen LogP contribution is 2.23. The topological polar surface area (TPSA) is 55.1 Å². The predicted molar refractivity (Wildman–Crippen MR) is 74.2 cm³/mol. The van der Waals surface area contributed by atoms with Gasteiger partial charge in [-0.15, -0.1) is 11.3 Å². The largest absolute Gasteiger partial charge is 0.459 e. The molecule has 0 aliphatic carbocycles. The number of hydrogen-bond donors (Lipinski definition) is 1. The van der Waals surface area contributed by atoms with Crippen LogP contribution in [0.15, 0.2) is 58.7 Å². The van der Waals surface area contributed by atoms with E-state index in [9.17, 15) is 4.79 Å². The monoisotopic (exact) mass is 270 g/mol. The van der Waals surface area contributed by atoms with Crippen LogP contribution in [0, 0.1) is 0 Å². The summed E-state index contributed by atoms with van der Waals surface area (Å²) in [6.07, 6.45) is 3.24. The standard InChI is InChI=1S/C14H10N2O2S/c17-13(12-2-1-8-18-12)16-11-5-3-10(4-6-11)14-15-7-9-19-14/h1-9H,(H,16,17). The zero-order chi connectivity index (χ0) is 13.1. The van der Waals surface area contributed by atoms with E-state index in [1.54, 1.807) is 29.7 Å². The molecule has 94 valence electrons. The molecule has 1 aromatic carbocycles. The third kappa shape index (κ3) is 2.56. The van der Waals surface area contributed by atoms with Crippen LogP contribution >= 0.6 is 11.3 Å². The van der Waals surface area contributed by atoms with Gasteiger partial charge in [0.1, 0.15) is 5.01 Å². The minimum atomic E-state index is -0.257. The van der Waals surface area contributed by atoms with Crippen molar-refractivity contribution in [2.45, 2.75) is 0 Å². The Morgan fingerprint density at radius 2 is 2.05 bits per heavy atom. The number of thiazole rings is 1. The van der Waals surface area contributed by atoms with E-state index in [2.05, 4.69) is 10.3 Å². The second-order valence-corrected chi connectivity index (χ2v) is 4.74. The van der Waals surface area contributed by atoms with Crippen molar-refractivity contribution < 1.29 is 9.21 Å². The molecule has 0 atom stereocenters. The van der Waals surface area contributed by atoms with Gasteiger partial charge in [0.05, 0.1) is 6.26 Å². The summed E-state index contributed by atoms with van der Waals surface area (Å²) in [6.45, 7) is 0. The van der Waals surface area contributed by atoms with Crippen LogP contribution in [0.1, 0.15) is 10.6 Å². The molecular formula is C14H10N2O2S. The molecule has 1 amide bonds. The maximum atomic E-state index is 11.8. The molecule has 4 nitrogen and oxygen atoms in total. The average molecular weight is 270 g/mol. The fraction of sp³-hybridized carbons (Fsp3) is 0. The Balaban J connectivity index is 1.75. The van der Waals surface area contributed by atoms with E-state index >= 15 is 0 Å². The van der Waals surface area contributed by atoms with Crippen molar-refractivity contribution in [3.05, 3.63) is 60.0 Å². The first-order valence-corrected chi connectivity index (χ1v) is 6.56. The normalized spacial score (nSPS) is 10.3. The van der Waals surface area contributed by atoms with Crippen LogP contribution in [0.2, 0.25) is 0 Å². The van der Waals surface area contributed by atoms with E-state index in [1.807, 2.05) is 29.6 Å². The van der Waals surface area contributed by atoms with Gasteiger partial charge in [-0.2, -0.15) is 0 Å². The second kappa shape index (κ2) is 5.07. The number of nitrogens with one attached hydrogen (secondary N) is 1. The van der Waals surface area contributed by atoms with Crippen molar-refractivity contribution in [3.8, 4) is 10.6 Å². The van der Waals surface area contributed by atoms with Gasteiger partial charge in [-0.25, -0.2) is 4.98 Å². The lowest BCUT2D eigenvalue weighted by molar-refractivity contribution is 0.0996. The van der Waals surface area contributed by atoms with E-state index in [0.29, 0.717) is 5.76 Å². The zero-order valence-corrected chi connectivity index (χ0v) is 10.7. The lowest BCUT2D eigenvalue weighted by Gasteiger charge is -2.03. The third-order valence-electron chi connectivity index (χ3n) is 2.57. The van der Waals surface area contributed by atoms with Crippen molar-refractivity contribution in [2.75, 3.05) is 5.32 Å². The summed E-state index contributed by atoms with van der Waals surface area (Å²) in [4.78, 5) is 16.0. The lowest BCUT2D eigenvalue weighted by Crippen LogP contribution is -2.10. The Labute approximate surface area is 113 Å². The van der Waals surface area contributed by atoms with E-state index in [0.717, 1.165) is 16.3 Å². The fourth-order valence-corrected chi connectivity index (χ4v) is 2.31. The Hall–Kier alpha value is -2.40. The van der Waals surface area contributed by atoms with Gasteiger partial charge < -0.3 is 9.73 Å². The summed E-state index contributed by atoms with van der Waals surface area (Å²) in [7, 11) is 0. The molecular weight excluding hydrogens is 260 g/mol. The molecule has 0 fully saturated rings. The van der Waals surface area contributed by atoms with Gasteiger partial charge in [0.15, 0.2) is 5.76 Å². The summed E-state index contributed by atoms with van der Waals surface area (Å²) < 4.78 is 5.03. The summed E-state index contributed by atoms with van der Waals surface area (Å²) >= 11 is 1.58. The minimum Gasteiger partial charge on any atom is -0.459 e. The molecule has 0 spiro atoms. The Kier molecular flexibility index (Phi) is 3.12. The summed E-state index contributed by atoms with van der Waals surface area (Å²) in [5, 5.41) is 5.66. The highest BCUT2D eigenvalue weighted by Gasteiger charge is 2.08. The van der Waals surface area contributed by atoms with Crippen LogP contribution in [-0.2, 0) is 0 Å². The Morgan fingerprint density at radius 1 is 1.21 bits per heavy atom. The molecule has 19 heavy (non-hydrogen) atoms. The molecule has 3 aromatic rings. The molecule has 2 aromatic heterocycles. The highest BCUT2D eigenvalue weighted by atomic mass is 32.1. The van der Waals surface area contributed by atoms with E-state index in [4.69, 9.17) is 4.42 Å². The highest BCUT2D eigenvalue weighted by molar-refractivity contribution is 7.13. The Morgan fingerprint density at radius 3 is 2.68 bits per heavy atom. The number of rotatable bonds is 3. The number of carbonyl (C=O) groups is 1. The molecule has 0 saturated heterocycles. The maximum Gasteiger partial charge on any atom is 0.291 e. The second-order valence-electron chi connectivity index (χ2n) is 3.85. The SMILES string of the molecule is O=C(Nc1ccc(-c2nccs2)cc1)c1ccco1. The number of anilines is 1. The van der Waals surface area contributed by atoms with Crippen LogP contribution in [0.4, 0.5) is 5.69 Å². The number of hydrogen-bond acceptors (Lipinski definition) is 4. The fourth-order valence-electron chi connectivity index (χ4n) is 1.66. The maximum absolute atomic E-state index is 11.8. The van der Waals surface area contributed by atoms with Crippen molar-refractivity contribution >= 4 is 22.9 Å². The van der Waals surface area contributed by atoms with Crippen molar-refractivity contribution in [2.24, 2.45) is 0 Å². The number of furan rings is 1. The van der Waals surface area contributed by atoms with Crippen molar-refractivity contribution in [3.63, 3.8) is 0 Å². The van der Waals surface area contributed by atoms with E-state index in [1.165, 1.54) is 6.26 Å². The van der Waals surface area contributed by atoms with Gasteiger partial charge in [-0.05, 0) is 36.4 Å². The molecule has 0 radical (unpaired) electrons. The predicted octanol–water partition coefficient (Wildman–Crippen LogP) is 3.66. The molecule has 0 bridgehead atoms.